The molecule has 0 aliphatic heterocycles. The molecule has 3 aromatic rings. The minimum absolute atomic E-state index is 0.0130. The van der Waals surface area contributed by atoms with Gasteiger partial charge in [0.2, 0.25) is 11.8 Å². The molecule has 4 rings (SSSR count). The Kier molecular flexibility index (Phi) is 12.0. The zero-order valence-electron chi connectivity index (χ0n) is 24.6. The fourth-order valence-electron chi connectivity index (χ4n) is 5.26. The van der Waals surface area contributed by atoms with E-state index in [1.165, 1.54) is 17.0 Å². The van der Waals surface area contributed by atoms with Crippen molar-refractivity contribution in [1.29, 1.82) is 0 Å². The average molecular weight is 726 g/mol. The van der Waals surface area contributed by atoms with Crippen LogP contribution >= 0.6 is 39.1 Å². The van der Waals surface area contributed by atoms with E-state index in [1.807, 2.05) is 13.8 Å². The van der Waals surface area contributed by atoms with Crippen molar-refractivity contribution in [3.8, 4) is 5.75 Å². The Labute approximate surface area is 277 Å². The number of halogens is 3. The second-order valence-electron chi connectivity index (χ2n) is 10.6. The van der Waals surface area contributed by atoms with Crippen LogP contribution in [0.1, 0.15) is 51.5 Å². The molecular weight excluding hydrogens is 689 g/mol. The van der Waals surface area contributed by atoms with Crippen LogP contribution < -0.4 is 14.4 Å². The molecule has 1 aliphatic rings. The predicted molar refractivity (Wildman–Crippen MR) is 178 cm³/mol. The molecule has 0 saturated heterocycles. The third-order valence-corrected chi connectivity index (χ3v) is 10.5. The number of hydrogen-bond acceptors (Lipinski definition) is 5. The van der Waals surface area contributed by atoms with E-state index in [-0.39, 0.29) is 29.1 Å². The summed E-state index contributed by atoms with van der Waals surface area (Å²) in [5, 5.41) is 3.88. The molecule has 1 atom stereocenters. The molecular formula is C32H36BrCl2N3O5S. The van der Waals surface area contributed by atoms with Gasteiger partial charge in [0, 0.05) is 27.1 Å². The Bertz CT molecular complexity index is 1550. The highest BCUT2D eigenvalue weighted by molar-refractivity contribution is 9.10. The molecule has 1 N–H and O–H groups in total. The number of nitrogens with zero attached hydrogens (tertiary/aromatic N) is 2. The van der Waals surface area contributed by atoms with Crippen molar-refractivity contribution >= 4 is 66.7 Å². The second-order valence-corrected chi connectivity index (χ2v) is 14.2. The largest absolute Gasteiger partial charge is 0.494 e. The molecule has 0 bridgehead atoms. The Morgan fingerprint density at radius 3 is 2.25 bits per heavy atom. The lowest BCUT2D eigenvalue weighted by Gasteiger charge is -2.34. The van der Waals surface area contributed by atoms with Gasteiger partial charge in [-0.25, -0.2) is 8.42 Å². The second kappa shape index (κ2) is 15.5. The van der Waals surface area contributed by atoms with Crippen LogP contribution in [0, 0.1) is 0 Å². The summed E-state index contributed by atoms with van der Waals surface area (Å²) >= 11 is 16.0. The standard InChI is InChI=1S/C32H36BrCl2N3O5S/c1-3-30(32(40)36-25-7-5-6-8-25)37(20-22-9-12-24(34)19-29(22)35)31(39)21-38(26-13-15-27(16-14-26)43-4-2)44(41,42)28-17-10-23(33)11-18-28/h9-19,25,30H,3-8,20-21H2,1-2H3,(H,36,40)/t30-/m1/s1. The van der Waals surface area contributed by atoms with Gasteiger partial charge in [0.05, 0.1) is 17.2 Å². The Morgan fingerprint density at radius 1 is 1.00 bits per heavy atom. The Morgan fingerprint density at radius 2 is 1.66 bits per heavy atom. The molecule has 44 heavy (non-hydrogen) atoms. The van der Waals surface area contributed by atoms with Gasteiger partial charge in [-0.05, 0) is 92.4 Å². The van der Waals surface area contributed by atoms with E-state index >= 15 is 0 Å². The van der Waals surface area contributed by atoms with Crippen LogP contribution in [0.15, 0.2) is 76.1 Å². The maximum Gasteiger partial charge on any atom is 0.264 e. The molecule has 0 unspecified atom stereocenters. The number of hydrogen-bond donors (Lipinski definition) is 1. The third-order valence-electron chi connectivity index (χ3n) is 7.56. The van der Waals surface area contributed by atoms with Gasteiger partial charge in [0.15, 0.2) is 0 Å². The van der Waals surface area contributed by atoms with Crippen LogP contribution in [0.25, 0.3) is 0 Å². The molecule has 0 radical (unpaired) electrons. The normalized spacial score (nSPS) is 14.2. The molecule has 3 aromatic carbocycles. The maximum atomic E-state index is 14.3. The zero-order valence-corrected chi connectivity index (χ0v) is 28.6. The van der Waals surface area contributed by atoms with Gasteiger partial charge in [-0.1, -0.05) is 65.0 Å². The molecule has 1 saturated carbocycles. The molecule has 1 fully saturated rings. The number of ether oxygens (including phenoxy) is 1. The molecule has 12 heteroatoms. The van der Waals surface area contributed by atoms with Crippen molar-refractivity contribution in [3.05, 3.63) is 86.8 Å². The lowest BCUT2D eigenvalue weighted by molar-refractivity contribution is -0.140. The van der Waals surface area contributed by atoms with E-state index in [0.717, 1.165) is 30.0 Å². The number of rotatable bonds is 13. The molecule has 0 spiro atoms. The first-order valence-corrected chi connectivity index (χ1v) is 17.6. The van der Waals surface area contributed by atoms with Gasteiger partial charge in [0.25, 0.3) is 10.0 Å². The summed E-state index contributed by atoms with van der Waals surface area (Å²) in [6.07, 6.45) is 4.16. The molecule has 236 valence electrons. The first-order chi connectivity index (χ1) is 21.0. The summed E-state index contributed by atoms with van der Waals surface area (Å²) in [5.41, 5.74) is 0.859. The molecule has 2 amide bonds. The number of anilines is 1. The van der Waals surface area contributed by atoms with Gasteiger partial charge in [-0.3, -0.25) is 13.9 Å². The summed E-state index contributed by atoms with van der Waals surface area (Å²) in [4.78, 5) is 29.3. The van der Waals surface area contributed by atoms with Gasteiger partial charge in [0.1, 0.15) is 18.3 Å². The SMILES string of the molecule is CCOc1ccc(N(CC(=O)N(Cc2ccc(Cl)cc2Cl)[C@H](CC)C(=O)NC2CCCC2)S(=O)(=O)c2ccc(Br)cc2)cc1. The fourth-order valence-corrected chi connectivity index (χ4v) is 7.41. The van der Waals surface area contributed by atoms with Crippen LogP contribution in [0.4, 0.5) is 5.69 Å². The smallest absolute Gasteiger partial charge is 0.264 e. The van der Waals surface area contributed by atoms with Crippen molar-refractivity contribution < 1.29 is 22.7 Å². The van der Waals surface area contributed by atoms with E-state index < -0.39 is 28.5 Å². The predicted octanol–water partition coefficient (Wildman–Crippen LogP) is 7.22. The summed E-state index contributed by atoms with van der Waals surface area (Å²) in [7, 11) is -4.20. The van der Waals surface area contributed by atoms with Gasteiger partial charge >= 0.3 is 0 Å². The zero-order chi connectivity index (χ0) is 31.9. The van der Waals surface area contributed by atoms with Crippen molar-refractivity contribution in [3.63, 3.8) is 0 Å². The number of carbonyl (C=O) groups is 2. The van der Waals surface area contributed by atoms with Crippen molar-refractivity contribution in [1.82, 2.24) is 10.2 Å². The van der Waals surface area contributed by atoms with Gasteiger partial charge in [-0.2, -0.15) is 0 Å². The lowest BCUT2D eigenvalue weighted by Crippen LogP contribution is -2.53. The van der Waals surface area contributed by atoms with Crippen molar-refractivity contribution in [2.24, 2.45) is 0 Å². The number of nitrogens with one attached hydrogen (secondary N) is 1. The van der Waals surface area contributed by atoms with Gasteiger partial charge < -0.3 is 15.0 Å². The number of amides is 2. The number of sulfonamides is 1. The van der Waals surface area contributed by atoms with E-state index in [9.17, 15) is 18.0 Å². The van der Waals surface area contributed by atoms with E-state index in [1.54, 1.807) is 54.6 Å². The van der Waals surface area contributed by atoms with Crippen LogP contribution in [0.2, 0.25) is 10.0 Å². The summed E-state index contributed by atoms with van der Waals surface area (Å²) in [6.45, 7) is 3.56. The third kappa shape index (κ3) is 8.47. The van der Waals surface area contributed by atoms with Crippen LogP contribution in [-0.4, -0.2) is 50.4 Å². The molecule has 0 heterocycles. The first-order valence-electron chi connectivity index (χ1n) is 14.6. The highest BCUT2D eigenvalue weighted by Crippen LogP contribution is 2.29. The maximum absolute atomic E-state index is 14.3. The minimum Gasteiger partial charge on any atom is -0.494 e. The van der Waals surface area contributed by atoms with Crippen LogP contribution in [-0.2, 0) is 26.2 Å². The Balaban J connectivity index is 1.73. The monoisotopic (exact) mass is 723 g/mol. The van der Waals surface area contributed by atoms with Crippen molar-refractivity contribution in [2.75, 3.05) is 17.5 Å². The van der Waals surface area contributed by atoms with E-state index in [2.05, 4.69) is 21.2 Å². The first kappa shape index (κ1) is 34.1. The highest BCUT2D eigenvalue weighted by atomic mass is 79.9. The molecule has 1 aliphatic carbocycles. The minimum atomic E-state index is -4.20. The average Bonchev–Trinajstić information content (AvgIpc) is 3.50. The van der Waals surface area contributed by atoms with Crippen LogP contribution in [0.5, 0.6) is 5.75 Å². The number of benzene rings is 3. The fraction of sp³-hybridized carbons (Fsp3) is 0.375. The number of carbonyl (C=O) groups excluding carboxylic acids is 2. The topological polar surface area (TPSA) is 96.0 Å². The van der Waals surface area contributed by atoms with E-state index in [4.69, 9.17) is 27.9 Å². The quantitative estimate of drug-likeness (QED) is 0.201. The summed E-state index contributed by atoms with van der Waals surface area (Å²) < 4.78 is 35.4. The van der Waals surface area contributed by atoms with Crippen molar-refractivity contribution in [2.45, 2.75) is 69.5 Å². The summed E-state index contributed by atoms with van der Waals surface area (Å²) in [5.74, 6) is -0.266. The highest BCUT2D eigenvalue weighted by Gasteiger charge is 2.35. The van der Waals surface area contributed by atoms with Gasteiger partial charge in [-0.15, -0.1) is 0 Å². The molecule has 0 aromatic heterocycles. The van der Waals surface area contributed by atoms with E-state index in [0.29, 0.717) is 38.9 Å². The lowest BCUT2D eigenvalue weighted by atomic mass is 10.1. The summed E-state index contributed by atoms with van der Waals surface area (Å²) in [6, 6.07) is 16.8. The molecule has 8 nitrogen and oxygen atoms in total. The van der Waals surface area contributed by atoms with Crippen LogP contribution in [0.3, 0.4) is 0 Å². The Hall–Kier alpha value is -2.79.